The Morgan fingerprint density at radius 3 is 3.00 bits per heavy atom. The number of nitrogens with one attached hydrogen (secondary N) is 1. The highest BCUT2D eigenvalue weighted by Crippen LogP contribution is 2.27. The van der Waals surface area contributed by atoms with Crippen molar-refractivity contribution >= 4 is 11.6 Å². The van der Waals surface area contributed by atoms with Gasteiger partial charge in [-0.25, -0.2) is 0 Å². The van der Waals surface area contributed by atoms with Crippen molar-refractivity contribution in [1.29, 1.82) is 5.26 Å². The van der Waals surface area contributed by atoms with Crippen molar-refractivity contribution in [3.63, 3.8) is 0 Å². The zero-order valence-electron chi connectivity index (χ0n) is 11.4. The Hall–Kier alpha value is -2.80. The van der Waals surface area contributed by atoms with E-state index in [9.17, 15) is 4.79 Å². The van der Waals surface area contributed by atoms with Gasteiger partial charge in [0.15, 0.2) is 0 Å². The maximum absolute atomic E-state index is 12.2. The van der Waals surface area contributed by atoms with Crippen LogP contribution in [0.2, 0.25) is 0 Å². The predicted molar refractivity (Wildman–Crippen MR) is 79.4 cm³/mol. The number of nitrogens with zero attached hydrogens (tertiary/aromatic N) is 1. The molecule has 1 aliphatic rings. The molecular weight excluding hydrogens is 264 g/mol. The normalized spacial score (nSPS) is 12.7. The molecule has 1 amide bonds. The molecule has 4 heteroatoms. The van der Waals surface area contributed by atoms with Crippen LogP contribution in [0.25, 0.3) is 0 Å². The second-order valence-electron chi connectivity index (χ2n) is 4.92. The lowest BCUT2D eigenvalue weighted by atomic mass is 10.1. The van der Waals surface area contributed by atoms with Gasteiger partial charge >= 0.3 is 0 Å². The maximum Gasteiger partial charge on any atom is 0.255 e. The van der Waals surface area contributed by atoms with Gasteiger partial charge in [0.1, 0.15) is 5.75 Å². The molecule has 0 aliphatic carbocycles. The first kappa shape index (κ1) is 13.2. The van der Waals surface area contributed by atoms with E-state index in [-0.39, 0.29) is 5.91 Å². The number of fused-ring (bicyclic) bond motifs is 1. The number of nitriles is 1. The number of rotatable bonds is 2. The molecule has 0 saturated heterocycles. The summed E-state index contributed by atoms with van der Waals surface area (Å²) in [6.07, 6.45) is 1.96. The van der Waals surface area contributed by atoms with Gasteiger partial charge in [0.05, 0.1) is 18.2 Å². The van der Waals surface area contributed by atoms with Crippen LogP contribution in [0, 0.1) is 11.3 Å². The van der Waals surface area contributed by atoms with E-state index in [4.69, 9.17) is 10.00 Å². The van der Waals surface area contributed by atoms with Gasteiger partial charge < -0.3 is 10.1 Å². The van der Waals surface area contributed by atoms with Crippen LogP contribution in [-0.2, 0) is 6.42 Å². The second-order valence-corrected chi connectivity index (χ2v) is 4.92. The first-order valence-corrected chi connectivity index (χ1v) is 6.83. The van der Waals surface area contributed by atoms with Crippen LogP contribution in [0.5, 0.6) is 5.75 Å². The van der Waals surface area contributed by atoms with Crippen LogP contribution >= 0.6 is 0 Å². The summed E-state index contributed by atoms with van der Waals surface area (Å²) in [5.74, 6) is 0.675. The van der Waals surface area contributed by atoms with Gasteiger partial charge in [-0.1, -0.05) is 6.07 Å². The lowest BCUT2D eigenvalue weighted by Gasteiger charge is -2.18. The van der Waals surface area contributed by atoms with Crippen molar-refractivity contribution in [2.45, 2.75) is 12.8 Å². The van der Waals surface area contributed by atoms with Crippen LogP contribution in [0.4, 0.5) is 5.69 Å². The average Bonchev–Trinajstić information content (AvgIpc) is 2.54. The molecule has 0 atom stereocenters. The minimum Gasteiger partial charge on any atom is -0.493 e. The Bertz CT molecular complexity index is 732. The van der Waals surface area contributed by atoms with E-state index in [0.29, 0.717) is 11.1 Å². The average molecular weight is 278 g/mol. The van der Waals surface area contributed by atoms with E-state index in [1.54, 1.807) is 24.3 Å². The van der Waals surface area contributed by atoms with Gasteiger partial charge in [-0.2, -0.15) is 5.26 Å². The standard InChI is InChI=1S/C17H14N2O2/c18-11-12-3-1-4-14(9-12)17(20)19-15-6-7-16-13(10-15)5-2-8-21-16/h1,3-4,6-7,9-10H,2,5,8H2,(H,19,20). The number of hydrogen-bond donors (Lipinski definition) is 1. The number of amides is 1. The molecule has 104 valence electrons. The van der Waals surface area contributed by atoms with Gasteiger partial charge in [0.25, 0.3) is 5.91 Å². The van der Waals surface area contributed by atoms with Gasteiger partial charge in [-0.05, 0) is 54.8 Å². The van der Waals surface area contributed by atoms with Crippen molar-refractivity contribution in [3.05, 3.63) is 59.2 Å². The number of ether oxygens (including phenoxy) is 1. The highest BCUT2D eigenvalue weighted by molar-refractivity contribution is 6.04. The third-order valence-corrected chi connectivity index (χ3v) is 3.42. The Balaban J connectivity index is 1.80. The van der Waals surface area contributed by atoms with Gasteiger partial charge in [0, 0.05) is 11.3 Å². The Morgan fingerprint density at radius 1 is 1.24 bits per heavy atom. The molecule has 0 aromatic heterocycles. The second kappa shape index (κ2) is 5.68. The van der Waals surface area contributed by atoms with E-state index >= 15 is 0 Å². The van der Waals surface area contributed by atoms with E-state index in [1.165, 1.54) is 0 Å². The molecule has 2 aromatic carbocycles. The first-order chi connectivity index (χ1) is 10.3. The van der Waals surface area contributed by atoms with Crippen molar-refractivity contribution in [2.24, 2.45) is 0 Å². The molecule has 0 saturated carbocycles. The number of aryl methyl sites for hydroxylation is 1. The molecule has 0 unspecified atom stereocenters. The van der Waals surface area contributed by atoms with Crippen molar-refractivity contribution in [3.8, 4) is 11.8 Å². The molecule has 0 bridgehead atoms. The van der Waals surface area contributed by atoms with Gasteiger partial charge in [-0.15, -0.1) is 0 Å². The highest BCUT2D eigenvalue weighted by Gasteiger charge is 2.12. The van der Waals surface area contributed by atoms with Crippen molar-refractivity contribution in [1.82, 2.24) is 0 Å². The molecule has 3 rings (SSSR count). The zero-order chi connectivity index (χ0) is 14.7. The zero-order valence-corrected chi connectivity index (χ0v) is 11.4. The maximum atomic E-state index is 12.2. The number of carbonyl (C=O) groups is 1. The SMILES string of the molecule is N#Cc1cccc(C(=O)Nc2ccc3c(c2)CCCO3)c1. The molecule has 0 fully saturated rings. The molecule has 1 heterocycles. The topological polar surface area (TPSA) is 62.1 Å². The number of anilines is 1. The predicted octanol–water partition coefficient (Wildman–Crippen LogP) is 3.14. The molecule has 21 heavy (non-hydrogen) atoms. The van der Waals surface area contributed by atoms with E-state index < -0.39 is 0 Å². The van der Waals surface area contributed by atoms with Crippen LogP contribution < -0.4 is 10.1 Å². The van der Waals surface area contributed by atoms with Crippen LogP contribution in [0.15, 0.2) is 42.5 Å². The minimum atomic E-state index is -0.219. The Labute approximate surface area is 123 Å². The van der Waals surface area contributed by atoms with Gasteiger partial charge in [0.2, 0.25) is 0 Å². The van der Waals surface area contributed by atoms with E-state index in [2.05, 4.69) is 5.32 Å². The number of carbonyl (C=O) groups excluding carboxylic acids is 1. The lowest BCUT2D eigenvalue weighted by Crippen LogP contribution is -2.13. The van der Waals surface area contributed by atoms with E-state index in [0.717, 1.165) is 36.4 Å². The highest BCUT2D eigenvalue weighted by atomic mass is 16.5. The third-order valence-electron chi connectivity index (χ3n) is 3.42. The summed E-state index contributed by atoms with van der Waals surface area (Å²) >= 11 is 0. The minimum absolute atomic E-state index is 0.219. The summed E-state index contributed by atoms with van der Waals surface area (Å²) in [6, 6.07) is 14.3. The van der Waals surface area contributed by atoms with Crippen LogP contribution in [0.3, 0.4) is 0 Å². The molecule has 1 N–H and O–H groups in total. The summed E-state index contributed by atoms with van der Waals surface area (Å²) in [5, 5.41) is 11.7. The lowest BCUT2D eigenvalue weighted by molar-refractivity contribution is 0.102. The Kier molecular flexibility index (Phi) is 3.57. The number of benzene rings is 2. The quantitative estimate of drug-likeness (QED) is 0.918. The molecule has 2 aromatic rings. The monoisotopic (exact) mass is 278 g/mol. The summed E-state index contributed by atoms with van der Waals surface area (Å²) < 4.78 is 5.55. The van der Waals surface area contributed by atoms with E-state index in [1.807, 2.05) is 24.3 Å². The van der Waals surface area contributed by atoms with Crippen LogP contribution in [-0.4, -0.2) is 12.5 Å². The smallest absolute Gasteiger partial charge is 0.255 e. The molecule has 1 aliphatic heterocycles. The summed E-state index contributed by atoms with van der Waals surface area (Å²) in [6.45, 7) is 0.750. The third kappa shape index (κ3) is 2.87. The molecule has 0 spiro atoms. The number of hydrogen-bond acceptors (Lipinski definition) is 3. The van der Waals surface area contributed by atoms with Gasteiger partial charge in [-0.3, -0.25) is 4.79 Å². The fraction of sp³-hybridized carbons (Fsp3) is 0.176. The molecular formula is C17H14N2O2. The van der Waals surface area contributed by atoms with Crippen molar-refractivity contribution in [2.75, 3.05) is 11.9 Å². The summed E-state index contributed by atoms with van der Waals surface area (Å²) in [4.78, 5) is 12.2. The molecule has 0 radical (unpaired) electrons. The van der Waals surface area contributed by atoms with Crippen molar-refractivity contribution < 1.29 is 9.53 Å². The fourth-order valence-corrected chi connectivity index (χ4v) is 2.37. The first-order valence-electron chi connectivity index (χ1n) is 6.83. The largest absolute Gasteiger partial charge is 0.493 e. The fourth-order valence-electron chi connectivity index (χ4n) is 2.37. The summed E-state index contributed by atoms with van der Waals surface area (Å²) in [5.41, 5.74) is 2.81. The van der Waals surface area contributed by atoms with Crippen LogP contribution in [0.1, 0.15) is 27.9 Å². The summed E-state index contributed by atoms with van der Waals surface area (Å²) in [7, 11) is 0. The molecule has 4 nitrogen and oxygen atoms in total. The Morgan fingerprint density at radius 2 is 2.14 bits per heavy atom.